The topological polar surface area (TPSA) is 90.9 Å². The molecule has 26 heavy (non-hydrogen) atoms. The SMILES string of the molecule is CC(O)(C(=O)Nc1csc(-c2ccc3nc[nH]c3c2)n1)c1ccccc1. The van der Waals surface area contributed by atoms with Crippen molar-refractivity contribution in [3.8, 4) is 10.6 Å². The molecule has 2 heterocycles. The molecule has 0 aliphatic carbocycles. The van der Waals surface area contributed by atoms with Crippen molar-refractivity contribution in [2.45, 2.75) is 12.5 Å². The van der Waals surface area contributed by atoms with Crippen LogP contribution in [0.3, 0.4) is 0 Å². The molecule has 0 aliphatic heterocycles. The molecule has 0 saturated carbocycles. The standard InChI is InChI=1S/C19H16N4O2S/c1-19(25,13-5-3-2-4-6-13)18(24)23-16-10-26-17(22-16)12-7-8-14-15(9-12)21-11-20-14/h2-11,25H,1H3,(H,20,21)(H,23,24). The Morgan fingerprint density at radius 2 is 2.04 bits per heavy atom. The zero-order chi connectivity index (χ0) is 18.1. The van der Waals surface area contributed by atoms with E-state index in [1.807, 2.05) is 24.3 Å². The summed E-state index contributed by atoms with van der Waals surface area (Å²) >= 11 is 1.42. The van der Waals surface area contributed by atoms with E-state index < -0.39 is 11.5 Å². The second-order valence-corrected chi connectivity index (χ2v) is 6.92. The number of amides is 1. The number of hydrogen-bond acceptors (Lipinski definition) is 5. The second kappa shape index (κ2) is 6.36. The third kappa shape index (κ3) is 2.98. The van der Waals surface area contributed by atoms with Gasteiger partial charge >= 0.3 is 0 Å². The van der Waals surface area contributed by atoms with Crippen molar-refractivity contribution in [1.29, 1.82) is 0 Å². The number of benzene rings is 2. The van der Waals surface area contributed by atoms with Crippen LogP contribution in [0, 0.1) is 0 Å². The van der Waals surface area contributed by atoms with Crippen LogP contribution in [0.2, 0.25) is 0 Å². The number of aromatic amines is 1. The van der Waals surface area contributed by atoms with Gasteiger partial charge in [-0.25, -0.2) is 9.97 Å². The number of aliphatic hydroxyl groups is 1. The molecule has 1 atom stereocenters. The van der Waals surface area contributed by atoms with Crippen LogP contribution in [0.1, 0.15) is 12.5 Å². The molecule has 0 spiro atoms. The van der Waals surface area contributed by atoms with Crippen molar-refractivity contribution in [2.75, 3.05) is 5.32 Å². The van der Waals surface area contributed by atoms with E-state index in [0.29, 0.717) is 11.4 Å². The van der Waals surface area contributed by atoms with Gasteiger partial charge in [0.25, 0.3) is 5.91 Å². The monoisotopic (exact) mass is 364 g/mol. The van der Waals surface area contributed by atoms with Crippen LogP contribution in [0.5, 0.6) is 0 Å². The minimum Gasteiger partial charge on any atom is -0.376 e. The zero-order valence-corrected chi connectivity index (χ0v) is 14.7. The normalized spacial score (nSPS) is 13.5. The summed E-state index contributed by atoms with van der Waals surface area (Å²) in [6.07, 6.45) is 1.65. The van der Waals surface area contributed by atoms with Crippen LogP contribution in [-0.2, 0) is 10.4 Å². The first-order chi connectivity index (χ1) is 12.5. The molecule has 2 aromatic carbocycles. The molecule has 0 bridgehead atoms. The highest BCUT2D eigenvalue weighted by Crippen LogP contribution is 2.29. The number of carbonyl (C=O) groups excluding carboxylic acids is 1. The summed E-state index contributed by atoms with van der Waals surface area (Å²) in [6.45, 7) is 1.47. The number of fused-ring (bicyclic) bond motifs is 1. The number of carbonyl (C=O) groups is 1. The van der Waals surface area contributed by atoms with Crippen LogP contribution in [-0.4, -0.2) is 26.0 Å². The van der Waals surface area contributed by atoms with Gasteiger partial charge < -0.3 is 15.4 Å². The number of anilines is 1. The Kier molecular flexibility index (Phi) is 4.02. The molecular weight excluding hydrogens is 348 g/mol. The summed E-state index contributed by atoms with van der Waals surface area (Å²) in [6, 6.07) is 14.6. The lowest BCUT2D eigenvalue weighted by Gasteiger charge is -2.22. The molecule has 6 nitrogen and oxygen atoms in total. The van der Waals surface area contributed by atoms with Gasteiger partial charge in [0.15, 0.2) is 5.60 Å². The van der Waals surface area contributed by atoms with Gasteiger partial charge in [-0.2, -0.15) is 0 Å². The van der Waals surface area contributed by atoms with Crippen molar-refractivity contribution in [3.63, 3.8) is 0 Å². The van der Waals surface area contributed by atoms with E-state index in [2.05, 4.69) is 20.3 Å². The molecular formula is C19H16N4O2S. The van der Waals surface area contributed by atoms with Gasteiger partial charge in [0, 0.05) is 10.9 Å². The lowest BCUT2D eigenvalue weighted by atomic mass is 9.95. The van der Waals surface area contributed by atoms with Gasteiger partial charge in [-0.1, -0.05) is 30.3 Å². The molecule has 0 fully saturated rings. The Balaban J connectivity index is 1.55. The Labute approximate surface area is 153 Å². The van der Waals surface area contributed by atoms with E-state index in [1.54, 1.807) is 36.0 Å². The fraction of sp³-hybridized carbons (Fsp3) is 0.105. The molecule has 1 amide bonds. The highest BCUT2D eigenvalue weighted by Gasteiger charge is 2.32. The third-order valence-electron chi connectivity index (χ3n) is 4.19. The lowest BCUT2D eigenvalue weighted by Crippen LogP contribution is -2.37. The zero-order valence-electron chi connectivity index (χ0n) is 13.9. The van der Waals surface area contributed by atoms with Gasteiger partial charge in [0.2, 0.25) is 0 Å². The summed E-state index contributed by atoms with van der Waals surface area (Å²) in [5.74, 6) is -0.111. The fourth-order valence-electron chi connectivity index (χ4n) is 2.66. The van der Waals surface area contributed by atoms with Crippen molar-refractivity contribution in [1.82, 2.24) is 15.0 Å². The number of nitrogens with zero attached hydrogens (tertiary/aromatic N) is 2. The molecule has 7 heteroatoms. The first kappa shape index (κ1) is 16.4. The Morgan fingerprint density at radius 3 is 2.85 bits per heavy atom. The molecule has 2 aromatic heterocycles. The molecule has 0 saturated heterocycles. The summed E-state index contributed by atoms with van der Waals surface area (Å²) in [5.41, 5.74) is 1.63. The average molecular weight is 364 g/mol. The first-order valence-electron chi connectivity index (χ1n) is 8.02. The van der Waals surface area contributed by atoms with Crippen LogP contribution >= 0.6 is 11.3 Å². The highest BCUT2D eigenvalue weighted by molar-refractivity contribution is 7.13. The number of H-pyrrole nitrogens is 1. The molecule has 4 rings (SSSR count). The van der Waals surface area contributed by atoms with Crippen molar-refractivity contribution < 1.29 is 9.90 Å². The largest absolute Gasteiger partial charge is 0.376 e. The molecule has 3 N–H and O–H groups in total. The number of thiazole rings is 1. The van der Waals surface area contributed by atoms with Crippen LogP contribution in [0.25, 0.3) is 21.6 Å². The summed E-state index contributed by atoms with van der Waals surface area (Å²) in [4.78, 5) is 24.2. The van der Waals surface area contributed by atoms with Gasteiger partial charge in [0.05, 0.1) is 17.4 Å². The van der Waals surface area contributed by atoms with E-state index in [-0.39, 0.29) is 0 Å². The maximum atomic E-state index is 12.5. The Hall–Kier alpha value is -3.03. The Morgan fingerprint density at radius 1 is 1.23 bits per heavy atom. The smallest absolute Gasteiger partial charge is 0.261 e. The summed E-state index contributed by atoms with van der Waals surface area (Å²) < 4.78 is 0. The number of rotatable bonds is 4. The summed E-state index contributed by atoms with van der Waals surface area (Å²) in [7, 11) is 0. The fourth-order valence-corrected chi connectivity index (χ4v) is 3.41. The van der Waals surface area contributed by atoms with E-state index in [4.69, 9.17) is 0 Å². The van der Waals surface area contributed by atoms with E-state index in [9.17, 15) is 9.90 Å². The van der Waals surface area contributed by atoms with Crippen LogP contribution in [0.15, 0.2) is 60.2 Å². The lowest BCUT2D eigenvalue weighted by molar-refractivity contribution is -0.133. The predicted molar refractivity (Wildman–Crippen MR) is 102 cm³/mol. The number of hydrogen-bond donors (Lipinski definition) is 3. The minimum absolute atomic E-state index is 0.413. The van der Waals surface area contributed by atoms with Crippen LogP contribution < -0.4 is 5.32 Å². The molecule has 1 unspecified atom stereocenters. The van der Waals surface area contributed by atoms with Gasteiger partial charge in [-0.15, -0.1) is 11.3 Å². The Bertz CT molecular complexity index is 1070. The third-order valence-corrected chi connectivity index (χ3v) is 5.08. The van der Waals surface area contributed by atoms with Crippen molar-refractivity contribution in [2.24, 2.45) is 0 Å². The highest BCUT2D eigenvalue weighted by atomic mass is 32.1. The minimum atomic E-state index is -1.64. The van der Waals surface area contributed by atoms with Crippen LogP contribution in [0.4, 0.5) is 5.82 Å². The van der Waals surface area contributed by atoms with Gasteiger partial charge in [-0.3, -0.25) is 4.79 Å². The first-order valence-corrected chi connectivity index (χ1v) is 8.90. The maximum absolute atomic E-state index is 12.5. The maximum Gasteiger partial charge on any atom is 0.261 e. The number of nitrogens with one attached hydrogen (secondary N) is 2. The number of imidazole rings is 1. The predicted octanol–water partition coefficient (Wildman–Crippen LogP) is 3.53. The molecule has 0 radical (unpaired) electrons. The average Bonchev–Trinajstić information content (AvgIpc) is 3.30. The van der Waals surface area contributed by atoms with Gasteiger partial charge in [-0.05, 0) is 30.7 Å². The van der Waals surface area contributed by atoms with Crippen molar-refractivity contribution >= 4 is 34.1 Å². The quantitative estimate of drug-likeness (QED) is 0.517. The molecule has 130 valence electrons. The molecule has 4 aromatic rings. The van der Waals surface area contributed by atoms with Crippen molar-refractivity contribution in [3.05, 3.63) is 65.8 Å². The summed E-state index contributed by atoms with van der Waals surface area (Å²) in [5, 5.41) is 15.8. The molecule has 0 aliphatic rings. The number of aromatic nitrogens is 3. The second-order valence-electron chi connectivity index (χ2n) is 6.06. The van der Waals surface area contributed by atoms with E-state index in [1.165, 1.54) is 18.3 Å². The van der Waals surface area contributed by atoms with Gasteiger partial charge in [0.1, 0.15) is 10.8 Å². The van der Waals surface area contributed by atoms with E-state index >= 15 is 0 Å². The van der Waals surface area contributed by atoms with E-state index in [0.717, 1.165) is 21.6 Å².